The third-order valence-electron chi connectivity index (χ3n) is 4.99. The molecule has 6 nitrogen and oxygen atoms in total. The molecule has 0 radical (unpaired) electrons. The van der Waals surface area contributed by atoms with Gasteiger partial charge in [-0.2, -0.15) is 10.1 Å². The predicted octanol–water partition coefficient (Wildman–Crippen LogP) is 2.18. The number of fused-ring (bicyclic) bond motifs is 5. The molecule has 2 aliphatic heterocycles. The normalized spacial score (nSPS) is 24.0. The average molecular weight is 329 g/mol. The van der Waals surface area contributed by atoms with Crippen LogP contribution in [0, 0.1) is 6.92 Å². The van der Waals surface area contributed by atoms with Crippen LogP contribution in [0.1, 0.15) is 18.5 Å². The molecule has 0 amide bonds. The highest BCUT2D eigenvalue weighted by molar-refractivity contribution is 6.29. The molecule has 3 aromatic heterocycles. The first-order valence-electron chi connectivity index (χ1n) is 8.00. The van der Waals surface area contributed by atoms with Crippen molar-refractivity contribution in [3.63, 3.8) is 0 Å². The van der Waals surface area contributed by atoms with Crippen LogP contribution in [0.5, 0.6) is 0 Å². The van der Waals surface area contributed by atoms with Gasteiger partial charge in [0.1, 0.15) is 5.82 Å². The molecule has 2 atom stereocenters. The molecule has 5 heterocycles. The van der Waals surface area contributed by atoms with Gasteiger partial charge >= 0.3 is 0 Å². The first kappa shape index (κ1) is 13.5. The summed E-state index contributed by atoms with van der Waals surface area (Å²) < 4.78 is 1.94. The largest absolute Gasteiger partial charge is 0.353 e. The molecule has 0 spiro atoms. The number of halogens is 1. The van der Waals surface area contributed by atoms with E-state index >= 15 is 0 Å². The van der Waals surface area contributed by atoms with E-state index in [4.69, 9.17) is 11.6 Å². The Hall–Kier alpha value is -1.92. The summed E-state index contributed by atoms with van der Waals surface area (Å²) in [5.41, 5.74) is 2.97. The molecule has 1 N–H and O–H groups in total. The number of aromatic nitrogens is 4. The molecule has 0 saturated carbocycles. The standard InChI is InChI=1S/C16H17ClN6/c1-9-6-12-14(13-4-5-18-23(9)13)15(21-16(17)20-12)22-7-10-2-3-11(8-22)19-10/h4-6,10-11,19H,2-3,7-8H2,1H3. The summed E-state index contributed by atoms with van der Waals surface area (Å²) in [7, 11) is 0. The Labute approximate surface area is 138 Å². The maximum atomic E-state index is 6.22. The average Bonchev–Trinajstić information content (AvgIpc) is 3.13. The van der Waals surface area contributed by atoms with Gasteiger partial charge in [0.2, 0.25) is 5.28 Å². The van der Waals surface area contributed by atoms with E-state index in [9.17, 15) is 0 Å². The maximum absolute atomic E-state index is 6.22. The summed E-state index contributed by atoms with van der Waals surface area (Å²) in [5, 5.41) is 9.42. The van der Waals surface area contributed by atoms with Crippen molar-refractivity contribution >= 4 is 33.8 Å². The molecular weight excluding hydrogens is 312 g/mol. The van der Waals surface area contributed by atoms with Gasteiger partial charge in [0.05, 0.1) is 22.6 Å². The van der Waals surface area contributed by atoms with Crippen molar-refractivity contribution in [3.8, 4) is 0 Å². The summed E-state index contributed by atoms with van der Waals surface area (Å²) in [5.74, 6) is 0.934. The number of piperazine rings is 1. The summed E-state index contributed by atoms with van der Waals surface area (Å²) in [6.07, 6.45) is 4.29. The molecule has 2 unspecified atom stereocenters. The molecule has 2 bridgehead atoms. The van der Waals surface area contributed by atoms with E-state index in [1.54, 1.807) is 0 Å². The smallest absolute Gasteiger partial charge is 0.224 e. The van der Waals surface area contributed by atoms with Gasteiger partial charge in [0.25, 0.3) is 0 Å². The topological polar surface area (TPSA) is 58.4 Å². The fourth-order valence-corrected chi connectivity index (χ4v) is 4.19. The Morgan fingerprint density at radius 1 is 1.22 bits per heavy atom. The molecule has 2 saturated heterocycles. The van der Waals surface area contributed by atoms with E-state index in [0.29, 0.717) is 17.4 Å². The van der Waals surface area contributed by atoms with Crippen molar-refractivity contribution in [2.75, 3.05) is 18.0 Å². The van der Waals surface area contributed by atoms with Gasteiger partial charge in [-0.3, -0.25) is 0 Å². The van der Waals surface area contributed by atoms with Crippen molar-refractivity contribution in [1.82, 2.24) is 24.9 Å². The lowest BCUT2D eigenvalue weighted by atomic mass is 10.1. The monoisotopic (exact) mass is 328 g/mol. The highest BCUT2D eigenvalue weighted by atomic mass is 35.5. The number of hydrogen-bond donors (Lipinski definition) is 1. The number of hydrogen-bond acceptors (Lipinski definition) is 5. The van der Waals surface area contributed by atoms with Crippen molar-refractivity contribution in [2.24, 2.45) is 0 Å². The summed E-state index contributed by atoms with van der Waals surface area (Å²) in [6.45, 7) is 3.96. The van der Waals surface area contributed by atoms with Crippen LogP contribution < -0.4 is 10.2 Å². The SMILES string of the molecule is Cc1cc2nc(Cl)nc(N3CC4CCC(C3)N4)c2c2ccnn12. The lowest BCUT2D eigenvalue weighted by molar-refractivity contribution is 0.464. The number of anilines is 1. The van der Waals surface area contributed by atoms with Gasteiger partial charge in [0, 0.05) is 30.9 Å². The molecule has 118 valence electrons. The van der Waals surface area contributed by atoms with Gasteiger partial charge in [0.15, 0.2) is 0 Å². The first-order valence-corrected chi connectivity index (χ1v) is 8.38. The van der Waals surface area contributed by atoms with Gasteiger partial charge in [-0.15, -0.1) is 0 Å². The Kier molecular flexibility index (Phi) is 2.81. The Morgan fingerprint density at radius 3 is 2.78 bits per heavy atom. The van der Waals surface area contributed by atoms with Crippen LogP contribution in [0.2, 0.25) is 5.28 Å². The lowest BCUT2D eigenvalue weighted by Gasteiger charge is -2.34. The minimum absolute atomic E-state index is 0.307. The van der Waals surface area contributed by atoms with E-state index in [1.165, 1.54) is 12.8 Å². The zero-order chi connectivity index (χ0) is 15.6. The van der Waals surface area contributed by atoms with Crippen molar-refractivity contribution < 1.29 is 0 Å². The first-order chi connectivity index (χ1) is 11.2. The number of pyridine rings is 1. The molecule has 0 aliphatic carbocycles. The zero-order valence-electron chi connectivity index (χ0n) is 12.8. The minimum Gasteiger partial charge on any atom is -0.353 e. The van der Waals surface area contributed by atoms with Gasteiger partial charge in [-0.1, -0.05) is 0 Å². The highest BCUT2D eigenvalue weighted by Gasteiger charge is 2.33. The number of aryl methyl sites for hydroxylation is 1. The number of nitrogens with zero attached hydrogens (tertiary/aromatic N) is 5. The summed E-state index contributed by atoms with van der Waals surface area (Å²) >= 11 is 6.22. The van der Waals surface area contributed by atoms with Crippen LogP contribution >= 0.6 is 11.6 Å². The third kappa shape index (κ3) is 2.01. The molecule has 2 fully saturated rings. The second-order valence-electron chi connectivity index (χ2n) is 6.53. The van der Waals surface area contributed by atoms with Crippen LogP contribution in [0.3, 0.4) is 0 Å². The van der Waals surface area contributed by atoms with Crippen LogP contribution in [0.15, 0.2) is 18.3 Å². The van der Waals surface area contributed by atoms with Crippen molar-refractivity contribution in [2.45, 2.75) is 31.8 Å². The van der Waals surface area contributed by atoms with E-state index in [0.717, 1.165) is 41.0 Å². The van der Waals surface area contributed by atoms with Crippen LogP contribution in [0.25, 0.3) is 16.4 Å². The Bertz CT molecular complexity index is 908. The van der Waals surface area contributed by atoms with Gasteiger partial charge < -0.3 is 10.2 Å². The molecule has 3 aromatic rings. The summed E-state index contributed by atoms with van der Waals surface area (Å²) in [4.78, 5) is 11.4. The van der Waals surface area contributed by atoms with Crippen LogP contribution in [-0.2, 0) is 0 Å². The van der Waals surface area contributed by atoms with E-state index in [2.05, 4.69) is 25.3 Å². The summed E-state index contributed by atoms with van der Waals surface area (Å²) in [6, 6.07) is 5.14. The Balaban J connectivity index is 1.78. The molecule has 5 rings (SSSR count). The molecule has 0 aromatic carbocycles. The molecule has 23 heavy (non-hydrogen) atoms. The van der Waals surface area contributed by atoms with Crippen molar-refractivity contribution in [1.29, 1.82) is 0 Å². The van der Waals surface area contributed by atoms with E-state index in [1.807, 2.05) is 29.8 Å². The van der Waals surface area contributed by atoms with Crippen LogP contribution in [-0.4, -0.2) is 44.8 Å². The van der Waals surface area contributed by atoms with Gasteiger partial charge in [-0.05, 0) is 43.5 Å². The highest BCUT2D eigenvalue weighted by Crippen LogP contribution is 2.33. The predicted molar refractivity (Wildman–Crippen MR) is 90.2 cm³/mol. The van der Waals surface area contributed by atoms with Gasteiger partial charge in [-0.25, -0.2) is 9.50 Å². The molecular formula is C16H17ClN6. The lowest BCUT2D eigenvalue weighted by Crippen LogP contribution is -2.51. The molecule has 7 heteroatoms. The minimum atomic E-state index is 0.307. The molecule has 2 aliphatic rings. The second-order valence-corrected chi connectivity index (χ2v) is 6.87. The second kappa shape index (κ2) is 4.79. The third-order valence-corrected chi connectivity index (χ3v) is 5.15. The van der Waals surface area contributed by atoms with Crippen LogP contribution in [0.4, 0.5) is 5.82 Å². The zero-order valence-corrected chi connectivity index (χ0v) is 13.6. The fraction of sp³-hybridized carbons (Fsp3) is 0.438. The Morgan fingerprint density at radius 2 is 2.00 bits per heavy atom. The maximum Gasteiger partial charge on any atom is 0.224 e. The fourth-order valence-electron chi connectivity index (χ4n) is 4.02. The number of nitrogens with one attached hydrogen (secondary N) is 1. The van der Waals surface area contributed by atoms with E-state index in [-0.39, 0.29) is 0 Å². The quantitative estimate of drug-likeness (QED) is 0.694. The van der Waals surface area contributed by atoms with Crippen molar-refractivity contribution in [3.05, 3.63) is 29.3 Å². The number of rotatable bonds is 1. The van der Waals surface area contributed by atoms with E-state index < -0.39 is 0 Å².